The number of hydrogen-bond acceptors (Lipinski definition) is 5. The Morgan fingerprint density at radius 3 is 2.64 bits per heavy atom. The fraction of sp³-hybridized carbons (Fsp3) is 0.167. The molecular weight excluding hydrogens is 339 g/mol. The summed E-state index contributed by atoms with van der Waals surface area (Å²) >= 11 is 1.48. The molecule has 1 heterocycles. The van der Waals surface area contributed by atoms with Crippen molar-refractivity contribution in [2.45, 2.75) is 5.16 Å². The lowest BCUT2D eigenvalue weighted by atomic mass is 10.2. The average Bonchev–Trinajstić information content (AvgIpc) is 3.00. The maximum atomic E-state index is 13.9. The summed E-state index contributed by atoms with van der Waals surface area (Å²) in [5.41, 5.74) is 1.03. The molecule has 2 aromatic carbocycles. The van der Waals surface area contributed by atoms with Crippen molar-refractivity contribution < 1.29 is 9.13 Å². The largest absolute Gasteiger partial charge is 0.493 e. The van der Waals surface area contributed by atoms with Gasteiger partial charge in [0.05, 0.1) is 23.8 Å². The average molecular weight is 354 g/mol. The third kappa shape index (κ3) is 3.98. The summed E-state index contributed by atoms with van der Waals surface area (Å²) in [5.74, 6) is 1.56. The summed E-state index contributed by atoms with van der Waals surface area (Å²) in [6.07, 6.45) is 0. The van der Waals surface area contributed by atoms with Crippen molar-refractivity contribution in [1.82, 2.24) is 14.8 Å². The molecule has 0 radical (unpaired) electrons. The van der Waals surface area contributed by atoms with Gasteiger partial charge in [-0.1, -0.05) is 23.9 Å². The number of hydrogen-bond donors (Lipinski definition) is 0. The molecule has 126 valence electrons. The number of ether oxygens (including phenoxy) is 1. The van der Waals surface area contributed by atoms with Gasteiger partial charge in [0.2, 0.25) is 0 Å². The Bertz CT molecular complexity index is 902. The van der Waals surface area contributed by atoms with Crippen molar-refractivity contribution in [2.24, 2.45) is 7.05 Å². The Morgan fingerprint density at radius 2 is 1.92 bits per heavy atom. The first-order valence-corrected chi connectivity index (χ1v) is 8.57. The van der Waals surface area contributed by atoms with Crippen molar-refractivity contribution in [3.8, 4) is 23.2 Å². The first-order valence-electron chi connectivity index (χ1n) is 7.59. The Hall–Kier alpha value is -2.85. The van der Waals surface area contributed by atoms with Crippen molar-refractivity contribution in [3.05, 3.63) is 59.9 Å². The first-order chi connectivity index (χ1) is 12.2. The second-order valence-corrected chi connectivity index (χ2v) is 6.24. The molecular formula is C18H15FN4OS. The van der Waals surface area contributed by atoms with Gasteiger partial charge < -0.3 is 9.30 Å². The molecule has 0 fully saturated rings. The standard InChI is InChI=1S/C18H15FN4OS/c1-23-17(15-4-2-3-5-16(15)19)21-22-18(23)25-11-10-24-14-8-6-13(12-20)7-9-14/h2-9H,10-11H2,1H3. The zero-order valence-corrected chi connectivity index (χ0v) is 14.3. The van der Waals surface area contributed by atoms with E-state index in [-0.39, 0.29) is 5.82 Å². The van der Waals surface area contributed by atoms with E-state index in [0.717, 1.165) is 0 Å². The molecule has 0 spiro atoms. The minimum absolute atomic E-state index is 0.321. The molecule has 0 aliphatic carbocycles. The Labute approximate surface area is 149 Å². The van der Waals surface area contributed by atoms with Gasteiger partial charge in [-0.2, -0.15) is 5.26 Å². The van der Waals surface area contributed by atoms with Gasteiger partial charge in [0.1, 0.15) is 11.6 Å². The first kappa shape index (κ1) is 17.0. The second kappa shape index (κ2) is 7.81. The number of thioether (sulfide) groups is 1. The Balaban J connectivity index is 1.57. The van der Waals surface area contributed by atoms with Gasteiger partial charge in [0.25, 0.3) is 0 Å². The number of nitrogens with zero attached hydrogens (tertiary/aromatic N) is 4. The molecule has 25 heavy (non-hydrogen) atoms. The highest BCUT2D eigenvalue weighted by atomic mass is 32.2. The lowest BCUT2D eigenvalue weighted by Crippen LogP contribution is -2.02. The molecule has 3 aromatic rings. The molecule has 5 nitrogen and oxygen atoms in total. The fourth-order valence-electron chi connectivity index (χ4n) is 2.24. The monoisotopic (exact) mass is 354 g/mol. The molecule has 3 rings (SSSR count). The smallest absolute Gasteiger partial charge is 0.191 e. The number of halogens is 1. The molecule has 1 aromatic heterocycles. The van der Waals surface area contributed by atoms with Crippen molar-refractivity contribution >= 4 is 11.8 Å². The summed E-state index contributed by atoms with van der Waals surface area (Å²) in [5, 5.41) is 17.7. The SMILES string of the molecule is Cn1c(SCCOc2ccc(C#N)cc2)nnc1-c1ccccc1F. The van der Waals surface area contributed by atoms with Crippen LogP contribution in [-0.2, 0) is 7.05 Å². The lowest BCUT2D eigenvalue weighted by molar-refractivity contribution is 0.344. The van der Waals surface area contributed by atoms with Crippen molar-refractivity contribution in [2.75, 3.05) is 12.4 Å². The number of aromatic nitrogens is 3. The van der Waals surface area contributed by atoms with Crippen LogP contribution in [0.2, 0.25) is 0 Å². The van der Waals surface area contributed by atoms with Gasteiger partial charge >= 0.3 is 0 Å². The minimum Gasteiger partial charge on any atom is -0.493 e. The normalized spacial score (nSPS) is 10.4. The van der Waals surface area contributed by atoms with E-state index >= 15 is 0 Å². The van der Waals surface area contributed by atoms with E-state index in [1.54, 1.807) is 47.0 Å². The van der Waals surface area contributed by atoms with E-state index in [9.17, 15) is 4.39 Å². The van der Waals surface area contributed by atoms with Crippen LogP contribution < -0.4 is 4.74 Å². The van der Waals surface area contributed by atoms with Crippen LogP contribution in [0.5, 0.6) is 5.75 Å². The van der Waals surface area contributed by atoms with Gasteiger partial charge in [-0.3, -0.25) is 0 Å². The van der Waals surface area contributed by atoms with E-state index in [4.69, 9.17) is 10.00 Å². The van der Waals surface area contributed by atoms with Crippen LogP contribution in [0.1, 0.15) is 5.56 Å². The maximum Gasteiger partial charge on any atom is 0.191 e. The van der Waals surface area contributed by atoms with E-state index in [0.29, 0.717) is 40.2 Å². The molecule has 0 atom stereocenters. The minimum atomic E-state index is -0.321. The van der Waals surface area contributed by atoms with Gasteiger partial charge in [-0.05, 0) is 36.4 Å². The predicted octanol–water partition coefficient (Wildman–Crippen LogP) is 3.66. The van der Waals surface area contributed by atoms with Gasteiger partial charge in [-0.15, -0.1) is 10.2 Å². The van der Waals surface area contributed by atoms with E-state index < -0.39 is 0 Å². The van der Waals surface area contributed by atoms with Gasteiger partial charge in [-0.25, -0.2) is 4.39 Å². The van der Waals surface area contributed by atoms with Crippen LogP contribution in [0.4, 0.5) is 4.39 Å². The third-order valence-corrected chi connectivity index (χ3v) is 4.50. The second-order valence-electron chi connectivity index (χ2n) is 5.18. The zero-order chi connectivity index (χ0) is 17.6. The molecule has 0 unspecified atom stereocenters. The predicted molar refractivity (Wildman–Crippen MR) is 93.8 cm³/mol. The number of rotatable bonds is 6. The highest BCUT2D eigenvalue weighted by Gasteiger charge is 2.14. The molecule has 0 aliphatic heterocycles. The summed E-state index contributed by atoms with van der Waals surface area (Å²) in [7, 11) is 1.81. The topological polar surface area (TPSA) is 63.7 Å². The highest BCUT2D eigenvalue weighted by Crippen LogP contribution is 2.24. The van der Waals surface area contributed by atoms with Crippen LogP contribution in [0.25, 0.3) is 11.4 Å². The summed E-state index contributed by atoms with van der Waals surface area (Å²) < 4.78 is 21.3. The quantitative estimate of drug-likeness (QED) is 0.499. The van der Waals surface area contributed by atoms with Crippen molar-refractivity contribution in [1.29, 1.82) is 5.26 Å². The number of benzene rings is 2. The van der Waals surface area contributed by atoms with Crippen LogP contribution in [0.15, 0.2) is 53.7 Å². The highest BCUT2D eigenvalue weighted by molar-refractivity contribution is 7.99. The van der Waals surface area contributed by atoms with Crippen LogP contribution in [-0.4, -0.2) is 27.1 Å². The Morgan fingerprint density at radius 1 is 1.16 bits per heavy atom. The molecule has 0 saturated carbocycles. The zero-order valence-electron chi connectivity index (χ0n) is 13.5. The van der Waals surface area contributed by atoms with Crippen LogP contribution >= 0.6 is 11.8 Å². The lowest BCUT2D eigenvalue weighted by Gasteiger charge is -2.06. The van der Waals surface area contributed by atoms with Crippen molar-refractivity contribution in [3.63, 3.8) is 0 Å². The van der Waals surface area contributed by atoms with E-state index in [2.05, 4.69) is 16.3 Å². The fourth-order valence-corrected chi connectivity index (χ4v) is 2.96. The maximum absolute atomic E-state index is 13.9. The van der Waals surface area contributed by atoms with E-state index in [1.165, 1.54) is 17.8 Å². The molecule has 0 aliphatic rings. The molecule has 7 heteroatoms. The number of nitriles is 1. The molecule has 0 bridgehead atoms. The van der Waals surface area contributed by atoms with Gasteiger partial charge in [0, 0.05) is 12.8 Å². The summed E-state index contributed by atoms with van der Waals surface area (Å²) in [4.78, 5) is 0. The van der Waals surface area contributed by atoms with E-state index in [1.807, 2.05) is 7.05 Å². The molecule has 0 N–H and O–H groups in total. The van der Waals surface area contributed by atoms with Gasteiger partial charge in [0.15, 0.2) is 11.0 Å². The Kier molecular flexibility index (Phi) is 5.31. The summed E-state index contributed by atoms with van der Waals surface area (Å²) in [6.45, 7) is 0.485. The molecule has 0 amide bonds. The molecule has 0 saturated heterocycles. The third-order valence-electron chi connectivity index (χ3n) is 3.52. The van der Waals surface area contributed by atoms with Crippen LogP contribution in [0, 0.1) is 17.1 Å². The summed E-state index contributed by atoms with van der Waals surface area (Å²) in [6, 6.07) is 15.5. The van der Waals surface area contributed by atoms with Crippen LogP contribution in [0.3, 0.4) is 0 Å².